The fourth-order valence-corrected chi connectivity index (χ4v) is 1.46. The molecule has 0 fully saturated rings. The van der Waals surface area contributed by atoms with Gasteiger partial charge in [0.15, 0.2) is 0 Å². The molecule has 0 radical (unpaired) electrons. The largest absolute Gasteiger partial charge is 0.555 e. The second kappa shape index (κ2) is 7.36. The summed E-state index contributed by atoms with van der Waals surface area (Å²) in [6.45, 7) is 0. The van der Waals surface area contributed by atoms with Crippen LogP contribution >= 0.6 is 0 Å². The summed E-state index contributed by atoms with van der Waals surface area (Å²) >= 11 is 0. The van der Waals surface area contributed by atoms with Gasteiger partial charge in [-0.2, -0.15) is 9.68 Å². The number of hydrogen-bond donors (Lipinski definition) is 1. The van der Waals surface area contributed by atoms with Crippen LogP contribution in [0.3, 0.4) is 0 Å². The molecule has 0 aliphatic carbocycles. The molecule has 0 atom stereocenters. The van der Waals surface area contributed by atoms with Crippen LogP contribution in [0.2, 0.25) is 0 Å². The average Bonchev–Trinajstić information content (AvgIpc) is 2.53. The summed E-state index contributed by atoms with van der Waals surface area (Å²) in [5, 5.41) is 8.15. The summed E-state index contributed by atoms with van der Waals surface area (Å²) in [6, 6.07) is 15.8. The molecule has 0 heterocycles. The maximum absolute atomic E-state index is 11.1. The molecule has 0 aliphatic rings. The first-order valence-electron chi connectivity index (χ1n) is 6.10. The number of rotatable bonds is 1. The van der Waals surface area contributed by atoms with Crippen LogP contribution in [0.15, 0.2) is 54.6 Å². The fourth-order valence-electron chi connectivity index (χ4n) is 1.46. The Hall–Kier alpha value is -3.46. The third kappa shape index (κ3) is 4.90. The van der Waals surface area contributed by atoms with Crippen molar-refractivity contribution in [2.75, 3.05) is 0 Å². The molecule has 0 saturated carbocycles. The van der Waals surface area contributed by atoms with Crippen molar-refractivity contribution in [2.24, 2.45) is 0 Å². The normalized spacial score (nSPS) is 9.09. The van der Waals surface area contributed by atoms with Gasteiger partial charge < -0.3 is 9.84 Å². The van der Waals surface area contributed by atoms with Gasteiger partial charge in [0.2, 0.25) is 0 Å². The Morgan fingerprint density at radius 2 is 1.41 bits per heavy atom. The second-order valence-electron chi connectivity index (χ2n) is 3.93. The zero-order valence-corrected chi connectivity index (χ0v) is 11.2. The molecular formula is C16H10O6. The summed E-state index contributed by atoms with van der Waals surface area (Å²) < 4.78 is 4.68. The number of benzene rings is 2. The van der Waals surface area contributed by atoms with Gasteiger partial charge in [0.05, 0.1) is 0 Å². The van der Waals surface area contributed by atoms with Gasteiger partial charge in [-0.1, -0.05) is 30.0 Å². The van der Waals surface area contributed by atoms with Crippen LogP contribution in [-0.4, -0.2) is 17.4 Å². The van der Waals surface area contributed by atoms with Crippen LogP contribution in [0.5, 0.6) is 5.75 Å². The number of ether oxygens (including phenoxy) is 1. The van der Waals surface area contributed by atoms with Gasteiger partial charge in [0.25, 0.3) is 0 Å². The van der Waals surface area contributed by atoms with Crippen LogP contribution in [0.4, 0.5) is 9.59 Å². The Bertz CT molecular complexity index is 710. The first kappa shape index (κ1) is 14.9. The van der Waals surface area contributed by atoms with E-state index in [2.05, 4.69) is 26.4 Å². The molecule has 0 spiro atoms. The van der Waals surface area contributed by atoms with E-state index in [1.165, 1.54) is 12.1 Å². The summed E-state index contributed by atoms with van der Waals surface area (Å²) in [6.07, 6.45) is -3.03. The highest BCUT2D eigenvalue weighted by Gasteiger charge is 2.10. The highest BCUT2D eigenvalue weighted by atomic mass is 17.3. The first-order chi connectivity index (χ1) is 10.6. The molecule has 6 nitrogen and oxygen atoms in total. The van der Waals surface area contributed by atoms with Crippen molar-refractivity contribution in [1.82, 2.24) is 0 Å². The van der Waals surface area contributed by atoms with E-state index in [-0.39, 0.29) is 5.75 Å². The molecule has 0 unspecified atom stereocenters. The average molecular weight is 298 g/mol. The first-order valence-corrected chi connectivity index (χ1v) is 6.10. The molecule has 1 N–H and O–H groups in total. The SMILES string of the molecule is O=C(O)OOC(=O)Oc1ccc(C#Cc2ccccc2)cc1. The predicted octanol–water partition coefficient (Wildman–Crippen LogP) is 3.21. The number of carbonyl (C=O) groups excluding carboxylic acids is 1. The molecule has 0 amide bonds. The van der Waals surface area contributed by atoms with Crippen LogP contribution in [0, 0.1) is 11.8 Å². The minimum Gasteiger partial charge on any atom is -0.447 e. The van der Waals surface area contributed by atoms with Gasteiger partial charge in [0.1, 0.15) is 5.75 Å². The molecule has 2 rings (SSSR count). The van der Waals surface area contributed by atoms with Gasteiger partial charge >= 0.3 is 12.3 Å². The summed E-state index contributed by atoms with van der Waals surface area (Å²) in [5.41, 5.74) is 1.61. The third-order valence-corrected chi connectivity index (χ3v) is 2.36. The van der Waals surface area contributed by atoms with Crippen molar-refractivity contribution in [3.05, 3.63) is 65.7 Å². The lowest BCUT2D eigenvalue weighted by Crippen LogP contribution is -2.13. The van der Waals surface area contributed by atoms with Gasteiger partial charge in [0, 0.05) is 11.1 Å². The molecule has 2 aromatic rings. The van der Waals surface area contributed by atoms with Crippen molar-refractivity contribution >= 4 is 12.3 Å². The zero-order valence-electron chi connectivity index (χ0n) is 11.2. The molecule has 22 heavy (non-hydrogen) atoms. The molecule has 0 aromatic heterocycles. The molecule has 0 bridgehead atoms. The molecule has 0 saturated heterocycles. The van der Waals surface area contributed by atoms with E-state index in [9.17, 15) is 9.59 Å². The number of carbonyl (C=O) groups is 2. The fraction of sp³-hybridized carbons (Fsp3) is 0. The van der Waals surface area contributed by atoms with E-state index >= 15 is 0 Å². The Morgan fingerprint density at radius 1 is 0.818 bits per heavy atom. The minimum atomic E-state index is -1.75. The van der Waals surface area contributed by atoms with E-state index in [0.717, 1.165) is 11.1 Å². The monoisotopic (exact) mass is 298 g/mol. The van der Waals surface area contributed by atoms with Crippen molar-refractivity contribution < 1.29 is 29.2 Å². The highest BCUT2D eigenvalue weighted by Crippen LogP contribution is 2.12. The molecule has 0 aliphatic heterocycles. The van der Waals surface area contributed by atoms with Crippen LogP contribution in [0.1, 0.15) is 11.1 Å². The van der Waals surface area contributed by atoms with E-state index in [1.807, 2.05) is 30.3 Å². The summed E-state index contributed by atoms with van der Waals surface area (Å²) in [7, 11) is 0. The van der Waals surface area contributed by atoms with Crippen molar-refractivity contribution in [3.63, 3.8) is 0 Å². The van der Waals surface area contributed by atoms with Crippen LogP contribution in [-0.2, 0) is 9.78 Å². The van der Waals surface area contributed by atoms with Crippen LogP contribution < -0.4 is 4.74 Å². The maximum atomic E-state index is 11.1. The minimum absolute atomic E-state index is 0.171. The summed E-state index contributed by atoms with van der Waals surface area (Å²) in [5.74, 6) is 6.11. The quantitative estimate of drug-likeness (QED) is 0.286. The van der Waals surface area contributed by atoms with Gasteiger partial charge in [-0.3, -0.25) is 0 Å². The van der Waals surface area contributed by atoms with E-state index in [0.29, 0.717) is 0 Å². The molecule has 2 aromatic carbocycles. The van der Waals surface area contributed by atoms with Crippen molar-refractivity contribution in [1.29, 1.82) is 0 Å². The molecular weight excluding hydrogens is 288 g/mol. The standard InChI is InChI=1S/C16H10O6/c17-15(18)21-22-16(19)20-14-10-8-13(9-11-14)7-6-12-4-2-1-3-5-12/h1-5,8-11H,(H,17,18). The predicted molar refractivity (Wildman–Crippen MR) is 75.1 cm³/mol. The zero-order chi connectivity index (χ0) is 15.8. The Labute approximate surface area is 125 Å². The van der Waals surface area contributed by atoms with Crippen molar-refractivity contribution in [2.45, 2.75) is 0 Å². The van der Waals surface area contributed by atoms with E-state index in [4.69, 9.17) is 5.11 Å². The topological polar surface area (TPSA) is 82.1 Å². The third-order valence-electron chi connectivity index (χ3n) is 2.36. The number of hydrogen-bond acceptors (Lipinski definition) is 5. The second-order valence-corrected chi connectivity index (χ2v) is 3.93. The Balaban J connectivity index is 1.95. The maximum Gasteiger partial charge on any atom is 0.555 e. The van der Waals surface area contributed by atoms with E-state index in [1.54, 1.807) is 12.1 Å². The van der Waals surface area contributed by atoms with E-state index < -0.39 is 12.3 Å². The molecule has 6 heteroatoms. The summed E-state index contributed by atoms with van der Waals surface area (Å²) in [4.78, 5) is 28.5. The van der Waals surface area contributed by atoms with Gasteiger partial charge in [-0.25, -0.2) is 9.68 Å². The lowest BCUT2D eigenvalue weighted by molar-refractivity contribution is -0.205. The molecule has 110 valence electrons. The lowest BCUT2D eigenvalue weighted by Gasteiger charge is -2.02. The lowest BCUT2D eigenvalue weighted by atomic mass is 10.2. The number of carboxylic acid groups (broad SMARTS) is 1. The van der Waals surface area contributed by atoms with Gasteiger partial charge in [-0.15, -0.1) is 0 Å². The Morgan fingerprint density at radius 3 is 2.00 bits per heavy atom. The smallest absolute Gasteiger partial charge is 0.447 e. The van der Waals surface area contributed by atoms with Crippen molar-refractivity contribution in [3.8, 4) is 17.6 Å². The highest BCUT2D eigenvalue weighted by molar-refractivity contribution is 5.65. The van der Waals surface area contributed by atoms with Crippen LogP contribution in [0.25, 0.3) is 0 Å². The Kier molecular flexibility index (Phi) is 5.00. The van der Waals surface area contributed by atoms with Gasteiger partial charge in [-0.05, 0) is 36.4 Å².